The number of carbonyl (C=O) groups excluding carboxylic acids is 1. The van der Waals surface area contributed by atoms with Crippen LogP contribution in [0.4, 0.5) is 4.39 Å². The molecule has 3 nitrogen and oxygen atoms in total. The van der Waals surface area contributed by atoms with E-state index in [1.165, 1.54) is 17.7 Å². The lowest BCUT2D eigenvalue weighted by Gasteiger charge is -2.01. The number of aryl methyl sites for hydroxylation is 2. The van der Waals surface area contributed by atoms with E-state index in [1.54, 1.807) is 18.2 Å². The second kappa shape index (κ2) is 7.21. The Kier molecular flexibility index (Phi) is 4.85. The molecule has 1 aliphatic heterocycles. The number of amides is 1. The molecule has 1 aliphatic rings. The predicted octanol–water partition coefficient (Wildman–Crippen LogP) is 3.89. The van der Waals surface area contributed by atoms with Crippen LogP contribution in [0.2, 0.25) is 0 Å². The van der Waals surface area contributed by atoms with Crippen LogP contribution in [0, 0.1) is 5.82 Å². The lowest BCUT2D eigenvalue weighted by molar-refractivity contribution is -0.115. The molecule has 2 aromatic carbocycles. The van der Waals surface area contributed by atoms with E-state index in [1.807, 2.05) is 12.1 Å². The Labute approximate surface area is 140 Å². The van der Waals surface area contributed by atoms with Crippen LogP contribution >= 0.6 is 0 Å². The minimum atomic E-state index is -0.246. The summed E-state index contributed by atoms with van der Waals surface area (Å²) in [4.78, 5) is 16.4. The quantitative estimate of drug-likeness (QED) is 0.834. The van der Waals surface area contributed by atoms with Crippen LogP contribution in [0.15, 0.2) is 59.2 Å². The highest BCUT2D eigenvalue weighted by molar-refractivity contribution is 6.14. The molecule has 1 heterocycles. The summed E-state index contributed by atoms with van der Waals surface area (Å²) in [6.45, 7) is 2.11. The first kappa shape index (κ1) is 16.1. The molecule has 0 atom stereocenters. The Balaban J connectivity index is 1.67. The van der Waals surface area contributed by atoms with Gasteiger partial charge in [-0.15, -0.1) is 0 Å². The smallest absolute Gasteiger partial charge is 0.275 e. The van der Waals surface area contributed by atoms with Gasteiger partial charge in [0.15, 0.2) is 0 Å². The molecule has 1 N–H and O–H groups in total. The van der Waals surface area contributed by atoms with Crippen LogP contribution < -0.4 is 5.32 Å². The summed E-state index contributed by atoms with van der Waals surface area (Å²) in [5.41, 5.74) is 3.66. The Morgan fingerprint density at radius 2 is 1.67 bits per heavy atom. The van der Waals surface area contributed by atoms with E-state index in [0.29, 0.717) is 24.4 Å². The summed E-state index contributed by atoms with van der Waals surface area (Å²) < 4.78 is 12.9. The highest BCUT2D eigenvalue weighted by Crippen LogP contribution is 2.15. The zero-order chi connectivity index (χ0) is 16.9. The largest absolute Gasteiger partial charge is 0.309 e. The van der Waals surface area contributed by atoms with Crippen molar-refractivity contribution < 1.29 is 9.18 Å². The van der Waals surface area contributed by atoms with Crippen molar-refractivity contribution in [1.82, 2.24) is 5.32 Å². The lowest BCUT2D eigenvalue weighted by atomic mass is 10.1. The third-order valence-electron chi connectivity index (χ3n) is 4.00. The molecule has 0 fully saturated rings. The first-order valence-corrected chi connectivity index (χ1v) is 8.08. The van der Waals surface area contributed by atoms with Crippen molar-refractivity contribution in [3.05, 3.63) is 76.7 Å². The maximum absolute atomic E-state index is 12.9. The normalized spacial score (nSPS) is 15.5. The summed E-state index contributed by atoms with van der Waals surface area (Å²) in [6.07, 6.45) is 4.10. The fourth-order valence-electron chi connectivity index (χ4n) is 2.56. The van der Waals surface area contributed by atoms with Gasteiger partial charge in [0.25, 0.3) is 5.91 Å². The molecular formula is C20H19FN2O. The van der Waals surface area contributed by atoms with E-state index >= 15 is 0 Å². The van der Waals surface area contributed by atoms with Gasteiger partial charge in [-0.25, -0.2) is 9.38 Å². The van der Waals surface area contributed by atoms with Gasteiger partial charge in [-0.05, 0) is 47.7 Å². The molecule has 0 radical (unpaired) electrons. The average molecular weight is 322 g/mol. The zero-order valence-corrected chi connectivity index (χ0v) is 13.6. The fourth-order valence-corrected chi connectivity index (χ4v) is 2.56. The first-order chi connectivity index (χ1) is 11.6. The number of amidine groups is 1. The molecule has 0 bridgehead atoms. The van der Waals surface area contributed by atoms with E-state index in [4.69, 9.17) is 0 Å². The SMILES string of the molecule is CCc1ccc(/C=C2/N=C(CCc3ccc(F)cc3)NC2=O)cc1. The molecule has 0 aliphatic carbocycles. The minimum Gasteiger partial charge on any atom is -0.309 e. The van der Waals surface area contributed by atoms with E-state index in [0.717, 1.165) is 17.5 Å². The number of benzene rings is 2. The number of halogens is 1. The number of hydrogen-bond donors (Lipinski definition) is 1. The summed E-state index contributed by atoms with van der Waals surface area (Å²) >= 11 is 0. The molecule has 0 unspecified atom stereocenters. The number of nitrogens with zero attached hydrogens (tertiary/aromatic N) is 1. The topological polar surface area (TPSA) is 41.5 Å². The minimum absolute atomic E-state index is 0.177. The molecule has 0 saturated heterocycles. The molecule has 4 heteroatoms. The molecule has 24 heavy (non-hydrogen) atoms. The Morgan fingerprint density at radius 1 is 1.00 bits per heavy atom. The number of nitrogens with one attached hydrogen (secondary N) is 1. The summed E-state index contributed by atoms with van der Waals surface area (Å²) in [7, 11) is 0. The van der Waals surface area contributed by atoms with E-state index < -0.39 is 0 Å². The predicted molar refractivity (Wildman–Crippen MR) is 94.1 cm³/mol. The van der Waals surface area contributed by atoms with Crippen LogP contribution in [0.1, 0.15) is 30.0 Å². The highest BCUT2D eigenvalue weighted by Gasteiger charge is 2.19. The summed E-state index contributed by atoms with van der Waals surface area (Å²) in [6, 6.07) is 14.5. The van der Waals surface area contributed by atoms with E-state index in [-0.39, 0.29) is 11.7 Å². The molecule has 2 aromatic rings. The van der Waals surface area contributed by atoms with Crippen LogP contribution in [0.3, 0.4) is 0 Å². The fraction of sp³-hybridized carbons (Fsp3) is 0.200. The van der Waals surface area contributed by atoms with Gasteiger partial charge >= 0.3 is 0 Å². The van der Waals surface area contributed by atoms with Crippen molar-refractivity contribution in [1.29, 1.82) is 0 Å². The maximum atomic E-state index is 12.9. The van der Waals surface area contributed by atoms with Crippen molar-refractivity contribution >= 4 is 17.8 Å². The Hall–Kier alpha value is -2.75. The van der Waals surface area contributed by atoms with Crippen LogP contribution in [-0.2, 0) is 17.6 Å². The first-order valence-electron chi connectivity index (χ1n) is 8.08. The van der Waals surface area contributed by atoms with E-state index in [9.17, 15) is 9.18 Å². The molecule has 0 spiro atoms. The molecule has 122 valence electrons. The number of hydrogen-bond acceptors (Lipinski definition) is 2. The van der Waals surface area contributed by atoms with Gasteiger partial charge < -0.3 is 5.32 Å². The molecule has 0 aromatic heterocycles. The standard InChI is InChI=1S/C20H19FN2O/c1-2-14-3-5-16(6-4-14)13-18-20(24)23-19(22-18)12-9-15-7-10-17(21)11-8-15/h3-8,10-11,13H,2,9,12H2,1H3,(H,22,23,24)/b18-13+. The van der Waals surface area contributed by atoms with Gasteiger partial charge in [-0.3, -0.25) is 4.79 Å². The maximum Gasteiger partial charge on any atom is 0.275 e. The van der Waals surface area contributed by atoms with Crippen LogP contribution in [0.5, 0.6) is 0 Å². The molecule has 0 saturated carbocycles. The van der Waals surface area contributed by atoms with Gasteiger partial charge in [0, 0.05) is 6.42 Å². The lowest BCUT2D eigenvalue weighted by Crippen LogP contribution is -2.24. The van der Waals surface area contributed by atoms with Crippen molar-refractivity contribution in [2.45, 2.75) is 26.2 Å². The van der Waals surface area contributed by atoms with E-state index in [2.05, 4.69) is 29.4 Å². The Bertz CT molecular complexity index is 789. The monoisotopic (exact) mass is 322 g/mol. The molecule has 1 amide bonds. The van der Waals surface area contributed by atoms with Crippen molar-refractivity contribution in [2.24, 2.45) is 4.99 Å². The number of aliphatic imine (C=N–C) groups is 1. The highest BCUT2D eigenvalue weighted by atomic mass is 19.1. The van der Waals surface area contributed by atoms with Crippen molar-refractivity contribution in [3.8, 4) is 0 Å². The number of carbonyl (C=O) groups is 1. The third kappa shape index (κ3) is 3.96. The number of rotatable bonds is 5. The molecule has 3 rings (SSSR count). The van der Waals surface area contributed by atoms with Gasteiger partial charge in [-0.2, -0.15) is 0 Å². The van der Waals surface area contributed by atoms with Gasteiger partial charge in [0.05, 0.1) is 0 Å². The second-order valence-corrected chi connectivity index (χ2v) is 5.76. The second-order valence-electron chi connectivity index (χ2n) is 5.76. The molecular weight excluding hydrogens is 303 g/mol. The van der Waals surface area contributed by atoms with Gasteiger partial charge in [0.1, 0.15) is 17.3 Å². The Morgan fingerprint density at radius 3 is 2.33 bits per heavy atom. The van der Waals surface area contributed by atoms with Crippen molar-refractivity contribution in [3.63, 3.8) is 0 Å². The zero-order valence-electron chi connectivity index (χ0n) is 13.6. The van der Waals surface area contributed by atoms with Crippen LogP contribution in [-0.4, -0.2) is 11.7 Å². The van der Waals surface area contributed by atoms with Crippen LogP contribution in [0.25, 0.3) is 6.08 Å². The summed E-state index contributed by atoms with van der Waals surface area (Å²) in [5, 5.41) is 2.80. The average Bonchev–Trinajstić information content (AvgIpc) is 2.95. The third-order valence-corrected chi connectivity index (χ3v) is 4.00. The summed E-state index contributed by atoms with van der Waals surface area (Å²) in [5.74, 6) is 0.231. The van der Waals surface area contributed by atoms with Gasteiger partial charge in [0.2, 0.25) is 0 Å². The van der Waals surface area contributed by atoms with Gasteiger partial charge in [-0.1, -0.05) is 43.3 Å². The van der Waals surface area contributed by atoms with Crippen molar-refractivity contribution in [2.75, 3.05) is 0 Å².